The van der Waals surface area contributed by atoms with Crippen LogP contribution in [0.15, 0.2) is 18.2 Å². The zero-order chi connectivity index (χ0) is 12.3. The number of ether oxygens (including phenoxy) is 1. The summed E-state index contributed by atoms with van der Waals surface area (Å²) >= 11 is 0. The molecule has 0 spiro atoms. The average Bonchev–Trinajstić information content (AvgIpc) is 2.30. The van der Waals surface area contributed by atoms with Gasteiger partial charge in [0.15, 0.2) is 5.78 Å². The second kappa shape index (κ2) is 5.16. The number of carbonyl (C=O) groups excluding carboxylic acids is 1. The molecule has 5 nitrogen and oxygen atoms in total. The topological polar surface area (TPSA) is 67.6 Å². The number of nitrogens with zero attached hydrogens (tertiary/aromatic N) is 1. The van der Waals surface area contributed by atoms with Crippen molar-refractivity contribution >= 4 is 17.2 Å². The molecule has 1 fully saturated rings. The predicted octanol–water partition coefficient (Wildman–Crippen LogP) is 1.13. The van der Waals surface area contributed by atoms with E-state index in [0.29, 0.717) is 11.3 Å². The molecule has 1 saturated heterocycles. The van der Waals surface area contributed by atoms with Gasteiger partial charge in [0.05, 0.1) is 18.9 Å². The van der Waals surface area contributed by atoms with Crippen LogP contribution in [0.25, 0.3) is 0 Å². The Hall–Kier alpha value is -1.59. The van der Waals surface area contributed by atoms with Crippen LogP contribution in [0.2, 0.25) is 0 Å². The highest BCUT2D eigenvalue weighted by Crippen LogP contribution is 2.19. The Balaban J connectivity index is 2.06. The maximum absolute atomic E-state index is 11.2. The van der Waals surface area contributed by atoms with Crippen LogP contribution in [0.1, 0.15) is 17.3 Å². The minimum absolute atomic E-state index is 0.0135. The van der Waals surface area contributed by atoms with E-state index in [-0.39, 0.29) is 5.78 Å². The van der Waals surface area contributed by atoms with Crippen molar-refractivity contribution in [1.82, 2.24) is 5.01 Å². The molecule has 0 radical (unpaired) electrons. The number of morpholine rings is 1. The summed E-state index contributed by atoms with van der Waals surface area (Å²) in [7, 11) is 0. The number of anilines is 2. The highest BCUT2D eigenvalue weighted by atomic mass is 16.5. The van der Waals surface area contributed by atoms with Gasteiger partial charge in [0.2, 0.25) is 0 Å². The molecule has 1 aromatic carbocycles. The lowest BCUT2D eigenvalue weighted by Gasteiger charge is -2.28. The van der Waals surface area contributed by atoms with Gasteiger partial charge in [0.25, 0.3) is 0 Å². The third-order valence-corrected chi connectivity index (χ3v) is 2.73. The Morgan fingerprint density at radius 1 is 1.41 bits per heavy atom. The molecule has 3 N–H and O–H groups in total. The molecule has 2 rings (SSSR count). The van der Waals surface area contributed by atoms with Crippen molar-refractivity contribution in [3.8, 4) is 0 Å². The summed E-state index contributed by atoms with van der Waals surface area (Å²) in [6, 6.07) is 5.40. The van der Waals surface area contributed by atoms with Gasteiger partial charge in [-0.15, -0.1) is 0 Å². The van der Waals surface area contributed by atoms with E-state index in [1.807, 2.05) is 6.07 Å². The van der Waals surface area contributed by atoms with Gasteiger partial charge in [-0.1, -0.05) is 0 Å². The number of hydrogen-bond donors (Lipinski definition) is 2. The standard InChI is InChI=1S/C12H17N3O2/c1-9(16)11-3-2-10(8-12(11)13)14-15-4-6-17-7-5-15/h2-3,8,14H,4-7,13H2,1H3. The van der Waals surface area contributed by atoms with Gasteiger partial charge < -0.3 is 15.9 Å². The first-order valence-corrected chi connectivity index (χ1v) is 5.66. The molecule has 0 amide bonds. The molecule has 1 aromatic rings. The highest BCUT2D eigenvalue weighted by Gasteiger charge is 2.11. The van der Waals surface area contributed by atoms with Crippen molar-refractivity contribution < 1.29 is 9.53 Å². The Kier molecular flexibility index (Phi) is 3.61. The maximum Gasteiger partial charge on any atom is 0.161 e. The van der Waals surface area contributed by atoms with Crippen LogP contribution in [0.4, 0.5) is 11.4 Å². The zero-order valence-corrected chi connectivity index (χ0v) is 9.90. The first kappa shape index (κ1) is 11.9. The zero-order valence-electron chi connectivity index (χ0n) is 9.90. The van der Waals surface area contributed by atoms with E-state index in [2.05, 4.69) is 10.4 Å². The van der Waals surface area contributed by atoms with Gasteiger partial charge in [-0.05, 0) is 25.1 Å². The third kappa shape index (κ3) is 2.95. The molecule has 17 heavy (non-hydrogen) atoms. The summed E-state index contributed by atoms with van der Waals surface area (Å²) in [5.74, 6) is -0.0135. The highest BCUT2D eigenvalue weighted by molar-refractivity contribution is 5.99. The summed E-state index contributed by atoms with van der Waals surface area (Å²) < 4.78 is 5.26. The first-order valence-electron chi connectivity index (χ1n) is 5.66. The second-order valence-electron chi connectivity index (χ2n) is 4.07. The van der Waals surface area contributed by atoms with Gasteiger partial charge in [-0.25, -0.2) is 5.01 Å². The number of Topliss-reactive ketones (excluding diaryl/α,β-unsaturated/α-hetero) is 1. The van der Waals surface area contributed by atoms with Gasteiger partial charge in [-0.3, -0.25) is 4.79 Å². The molecular formula is C12H17N3O2. The fourth-order valence-corrected chi connectivity index (χ4v) is 1.81. The largest absolute Gasteiger partial charge is 0.398 e. The van der Waals surface area contributed by atoms with E-state index in [1.54, 1.807) is 12.1 Å². The normalized spacial score (nSPS) is 16.8. The van der Waals surface area contributed by atoms with E-state index in [0.717, 1.165) is 32.0 Å². The number of benzene rings is 1. The minimum Gasteiger partial charge on any atom is -0.398 e. The quantitative estimate of drug-likeness (QED) is 0.607. The summed E-state index contributed by atoms with van der Waals surface area (Å²) in [5, 5.41) is 2.08. The SMILES string of the molecule is CC(=O)c1ccc(NN2CCOCC2)cc1N. The number of nitrogens with two attached hydrogens (primary N) is 1. The summed E-state index contributed by atoms with van der Waals surface area (Å²) in [5.41, 5.74) is 11.0. The lowest BCUT2D eigenvalue weighted by Crippen LogP contribution is -2.40. The number of rotatable bonds is 3. The van der Waals surface area contributed by atoms with E-state index in [9.17, 15) is 4.79 Å². The molecule has 0 aliphatic carbocycles. The minimum atomic E-state index is -0.0135. The number of carbonyl (C=O) groups is 1. The first-order chi connectivity index (χ1) is 8.16. The lowest BCUT2D eigenvalue weighted by molar-refractivity contribution is 0.0497. The van der Waals surface area contributed by atoms with Gasteiger partial charge in [-0.2, -0.15) is 0 Å². The second-order valence-corrected chi connectivity index (χ2v) is 4.07. The summed E-state index contributed by atoms with van der Waals surface area (Å²) in [4.78, 5) is 11.2. The van der Waals surface area contributed by atoms with Gasteiger partial charge in [0, 0.05) is 24.3 Å². The Bertz CT molecular complexity index is 414. The fraction of sp³-hybridized carbons (Fsp3) is 0.417. The van der Waals surface area contributed by atoms with Crippen LogP contribution in [0, 0.1) is 0 Å². The van der Waals surface area contributed by atoms with Crippen molar-refractivity contribution in [3.63, 3.8) is 0 Å². The summed E-state index contributed by atoms with van der Waals surface area (Å²) in [6.45, 7) is 4.66. The van der Waals surface area contributed by atoms with Crippen molar-refractivity contribution in [2.24, 2.45) is 0 Å². The Morgan fingerprint density at radius 3 is 2.71 bits per heavy atom. The van der Waals surface area contributed by atoms with Gasteiger partial charge >= 0.3 is 0 Å². The molecule has 0 unspecified atom stereocenters. The molecule has 0 aromatic heterocycles. The average molecular weight is 235 g/mol. The number of nitrogens with one attached hydrogen (secondary N) is 1. The van der Waals surface area contributed by atoms with Crippen molar-refractivity contribution in [1.29, 1.82) is 0 Å². The lowest BCUT2D eigenvalue weighted by atomic mass is 10.1. The molecule has 1 aliphatic heterocycles. The Labute approximate surface area is 101 Å². The van der Waals surface area contributed by atoms with Crippen LogP contribution in [0.3, 0.4) is 0 Å². The smallest absolute Gasteiger partial charge is 0.161 e. The van der Waals surface area contributed by atoms with Crippen LogP contribution < -0.4 is 11.2 Å². The number of ketones is 1. The van der Waals surface area contributed by atoms with E-state index >= 15 is 0 Å². The molecular weight excluding hydrogens is 218 g/mol. The maximum atomic E-state index is 11.2. The molecule has 1 heterocycles. The molecule has 0 saturated carbocycles. The van der Waals surface area contributed by atoms with Gasteiger partial charge in [0.1, 0.15) is 0 Å². The van der Waals surface area contributed by atoms with E-state index in [4.69, 9.17) is 10.5 Å². The number of hydrazine groups is 1. The molecule has 1 aliphatic rings. The summed E-state index contributed by atoms with van der Waals surface area (Å²) in [6.07, 6.45) is 0. The van der Waals surface area contributed by atoms with Crippen molar-refractivity contribution in [2.75, 3.05) is 37.5 Å². The fourth-order valence-electron chi connectivity index (χ4n) is 1.81. The molecule has 0 atom stereocenters. The number of nitrogen functional groups attached to an aromatic ring is 1. The third-order valence-electron chi connectivity index (χ3n) is 2.73. The predicted molar refractivity (Wildman–Crippen MR) is 66.9 cm³/mol. The van der Waals surface area contributed by atoms with Crippen LogP contribution >= 0.6 is 0 Å². The molecule has 92 valence electrons. The molecule has 5 heteroatoms. The van der Waals surface area contributed by atoms with Crippen LogP contribution in [-0.2, 0) is 4.74 Å². The van der Waals surface area contributed by atoms with Crippen LogP contribution in [-0.4, -0.2) is 37.1 Å². The molecule has 0 bridgehead atoms. The van der Waals surface area contributed by atoms with E-state index < -0.39 is 0 Å². The van der Waals surface area contributed by atoms with Crippen molar-refractivity contribution in [3.05, 3.63) is 23.8 Å². The van der Waals surface area contributed by atoms with Crippen LogP contribution in [0.5, 0.6) is 0 Å². The number of hydrogen-bond acceptors (Lipinski definition) is 5. The monoisotopic (exact) mass is 235 g/mol. The Morgan fingerprint density at radius 2 is 2.12 bits per heavy atom. The van der Waals surface area contributed by atoms with E-state index in [1.165, 1.54) is 6.92 Å². The van der Waals surface area contributed by atoms with Crippen molar-refractivity contribution in [2.45, 2.75) is 6.92 Å².